The van der Waals surface area contributed by atoms with Crippen molar-refractivity contribution in [2.45, 2.75) is 25.3 Å². The van der Waals surface area contributed by atoms with Gasteiger partial charge in [-0.25, -0.2) is 4.98 Å². The van der Waals surface area contributed by atoms with Crippen molar-refractivity contribution in [3.63, 3.8) is 0 Å². The molecule has 1 fully saturated rings. The Morgan fingerprint density at radius 3 is 2.89 bits per heavy atom. The highest BCUT2D eigenvalue weighted by Crippen LogP contribution is 2.26. The van der Waals surface area contributed by atoms with Gasteiger partial charge in [-0.15, -0.1) is 0 Å². The number of halogens is 2. The molecule has 1 aliphatic rings. The van der Waals surface area contributed by atoms with Crippen molar-refractivity contribution in [1.29, 1.82) is 0 Å². The average Bonchev–Trinajstić information content (AvgIpc) is 2.76. The van der Waals surface area contributed by atoms with Gasteiger partial charge < -0.3 is 10.4 Å². The number of hydrogen-bond donors (Lipinski definition) is 2. The van der Waals surface area contributed by atoms with Crippen LogP contribution >= 0.6 is 23.2 Å². The van der Waals surface area contributed by atoms with Crippen LogP contribution < -0.4 is 5.32 Å². The van der Waals surface area contributed by atoms with Crippen LogP contribution in [0.15, 0.2) is 12.1 Å². The average molecular weight is 289 g/mol. The first-order valence-electron chi connectivity index (χ1n) is 5.85. The highest BCUT2D eigenvalue weighted by molar-refractivity contribution is 6.34. The third kappa shape index (κ3) is 2.94. The molecule has 1 saturated carbocycles. The number of rotatable bonds is 3. The fraction of sp³-hybridized carbons (Fsp3) is 0.500. The van der Waals surface area contributed by atoms with Crippen molar-refractivity contribution >= 4 is 29.1 Å². The molecule has 2 unspecified atom stereocenters. The zero-order chi connectivity index (χ0) is 13.1. The van der Waals surface area contributed by atoms with Crippen LogP contribution in [0.5, 0.6) is 0 Å². The number of nitrogens with zero attached hydrogens (tertiary/aromatic N) is 1. The second-order valence-electron chi connectivity index (χ2n) is 4.43. The van der Waals surface area contributed by atoms with Gasteiger partial charge in [0.2, 0.25) is 0 Å². The highest BCUT2D eigenvalue weighted by atomic mass is 35.5. The van der Waals surface area contributed by atoms with Gasteiger partial charge in [-0.05, 0) is 25.0 Å². The lowest BCUT2D eigenvalue weighted by molar-refractivity contribution is 0.0916. The quantitative estimate of drug-likeness (QED) is 0.839. The molecular formula is C12H14Cl2N2O2. The predicted molar refractivity (Wildman–Crippen MR) is 69.9 cm³/mol. The Kier molecular flexibility index (Phi) is 4.43. The van der Waals surface area contributed by atoms with E-state index in [0.717, 1.165) is 19.3 Å². The maximum absolute atomic E-state index is 12.0. The summed E-state index contributed by atoms with van der Waals surface area (Å²) in [4.78, 5) is 15.9. The summed E-state index contributed by atoms with van der Waals surface area (Å²) in [6.45, 7) is 0.0948. The molecule has 98 valence electrons. The standard InChI is InChI=1S/C12H14Cl2N2O2/c13-10-5-4-8(11(14)16-10)12(18)15-9-3-1-2-7(9)6-17/h4-5,7,9,17H,1-3,6H2,(H,15,18). The molecule has 1 aliphatic carbocycles. The van der Waals surface area contributed by atoms with Crippen molar-refractivity contribution in [2.24, 2.45) is 5.92 Å². The highest BCUT2D eigenvalue weighted by Gasteiger charge is 2.28. The van der Waals surface area contributed by atoms with E-state index in [0.29, 0.717) is 5.56 Å². The summed E-state index contributed by atoms with van der Waals surface area (Å²) in [6.07, 6.45) is 2.84. The van der Waals surface area contributed by atoms with Crippen LogP contribution in [0.4, 0.5) is 0 Å². The minimum absolute atomic E-state index is 0.00856. The van der Waals surface area contributed by atoms with E-state index in [2.05, 4.69) is 10.3 Å². The maximum atomic E-state index is 12.0. The normalized spacial score (nSPS) is 23.1. The summed E-state index contributed by atoms with van der Waals surface area (Å²) in [7, 11) is 0. The summed E-state index contributed by atoms with van der Waals surface area (Å²) in [5, 5.41) is 12.4. The molecule has 0 aromatic carbocycles. The zero-order valence-corrected chi connectivity index (χ0v) is 11.2. The van der Waals surface area contributed by atoms with Gasteiger partial charge in [0.1, 0.15) is 10.3 Å². The third-order valence-corrected chi connectivity index (χ3v) is 3.77. The largest absolute Gasteiger partial charge is 0.396 e. The minimum atomic E-state index is -0.269. The Balaban J connectivity index is 2.07. The van der Waals surface area contributed by atoms with Crippen molar-refractivity contribution in [1.82, 2.24) is 10.3 Å². The van der Waals surface area contributed by atoms with Gasteiger partial charge in [-0.1, -0.05) is 29.6 Å². The Morgan fingerprint density at radius 2 is 2.22 bits per heavy atom. The summed E-state index contributed by atoms with van der Waals surface area (Å²) < 4.78 is 0. The van der Waals surface area contributed by atoms with Crippen LogP contribution in [0.25, 0.3) is 0 Å². The van der Waals surface area contributed by atoms with E-state index in [4.69, 9.17) is 23.2 Å². The topological polar surface area (TPSA) is 62.2 Å². The molecule has 0 aliphatic heterocycles. The molecule has 2 atom stereocenters. The first-order chi connectivity index (χ1) is 8.61. The SMILES string of the molecule is O=C(NC1CCCC1CO)c1ccc(Cl)nc1Cl. The molecule has 6 heteroatoms. The number of pyridine rings is 1. The van der Waals surface area contributed by atoms with E-state index < -0.39 is 0 Å². The van der Waals surface area contributed by atoms with Gasteiger partial charge in [0.05, 0.1) is 5.56 Å². The smallest absolute Gasteiger partial charge is 0.254 e. The number of carbonyl (C=O) groups excluding carboxylic acids is 1. The lowest BCUT2D eigenvalue weighted by atomic mass is 10.0. The van der Waals surface area contributed by atoms with Gasteiger partial charge in [0.15, 0.2) is 0 Å². The number of nitrogens with one attached hydrogen (secondary N) is 1. The van der Waals surface area contributed by atoms with Crippen LogP contribution in [0.3, 0.4) is 0 Å². The zero-order valence-electron chi connectivity index (χ0n) is 9.70. The molecule has 1 aromatic heterocycles. The number of aliphatic hydroxyl groups excluding tert-OH is 1. The molecule has 1 heterocycles. The molecule has 0 saturated heterocycles. The van der Waals surface area contributed by atoms with Gasteiger partial charge in [0, 0.05) is 18.6 Å². The number of amides is 1. The van der Waals surface area contributed by atoms with Gasteiger partial charge >= 0.3 is 0 Å². The molecule has 2 rings (SSSR count). The van der Waals surface area contributed by atoms with E-state index in [1.54, 1.807) is 6.07 Å². The summed E-state index contributed by atoms with van der Waals surface area (Å²) in [6, 6.07) is 3.09. The molecule has 0 bridgehead atoms. The maximum Gasteiger partial charge on any atom is 0.254 e. The van der Waals surface area contributed by atoms with Crippen molar-refractivity contribution in [3.8, 4) is 0 Å². The van der Waals surface area contributed by atoms with E-state index >= 15 is 0 Å². The lowest BCUT2D eigenvalue weighted by Gasteiger charge is -2.19. The van der Waals surface area contributed by atoms with E-state index in [9.17, 15) is 9.90 Å². The van der Waals surface area contributed by atoms with Gasteiger partial charge in [-0.2, -0.15) is 0 Å². The molecule has 2 N–H and O–H groups in total. The fourth-order valence-corrected chi connectivity index (χ4v) is 2.70. The lowest BCUT2D eigenvalue weighted by Crippen LogP contribution is -2.38. The molecule has 0 spiro atoms. The van der Waals surface area contributed by atoms with Crippen LogP contribution in [-0.2, 0) is 0 Å². The molecule has 4 nitrogen and oxygen atoms in total. The second-order valence-corrected chi connectivity index (χ2v) is 5.17. The number of aliphatic hydroxyl groups is 1. The summed E-state index contributed by atoms with van der Waals surface area (Å²) in [5.74, 6) is -0.137. The van der Waals surface area contributed by atoms with Crippen molar-refractivity contribution < 1.29 is 9.90 Å². The summed E-state index contributed by atoms with van der Waals surface area (Å²) in [5.41, 5.74) is 0.310. The molecule has 1 amide bonds. The van der Waals surface area contributed by atoms with Crippen LogP contribution in [0, 0.1) is 5.92 Å². The third-order valence-electron chi connectivity index (χ3n) is 3.27. The Bertz CT molecular complexity index is 454. The Hall–Kier alpha value is -0.840. The monoisotopic (exact) mass is 288 g/mol. The molecule has 18 heavy (non-hydrogen) atoms. The number of hydrogen-bond acceptors (Lipinski definition) is 3. The molecular weight excluding hydrogens is 275 g/mol. The number of carbonyl (C=O) groups is 1. The molecule has 0 radical (unpaired) electrons. The Labute approximate surface area is 115 Å². The van der Waals surface area contributed by atoms with E-state index in [1.165, 1.54) is 6.07 Å². The van der Waals surface area contributed by atoms with Crippen LogP contribution in [-0.4, -0.2) is 28.6 Å². The molecule has 1 aromatic rings. The van der Waals surface area contributed by atoms with Gasteiger partial charge in [-0.3, -0.25) is 4.79 Å². The van der Waals surface area contributed by atoms with Crippen LogP contribution in [0.1, 0.15) is 29.6 Å². The minimum Gasteiger partial charge on any atom is -0.396 e. The first-order valence-corrected chi connectivity index (χ1v) is 6.61. The number of aromatic nitrogens is 1. The fourth-order valence-electron chi connectivity index (χ4n) is 2.27. The Morgan fingerprint density at radius 1 is 1.44 bits per heavy atom. The first kappa shape index (κ1) is 13.6. The summed E-state index contributed by atoms with van der Waals surface area (Å²) >= 11 is 11.6. The van der Waals surface area contributed by atoms with E-state index in [-0.39, 0.29) is 34.8 Å². The predicted octanol–water partition coefficient (Wildman–Crippen LogP) is 2.28. The second kappa shape index (κ2) is 5.87. The van der Waals surface area contributed by atoms with Gasteiger partial charge in [0.25, 0.3) is 5.91 Å². The van der Waals surface area contributed by atoms with Crippen molar-refractivity contribution in [2.75, 3.05) is 6.61 Å². The van der Waals surface area contributed by atoms with Crippen LogP contribution in [0.2, 0.25) is 10.3 Å². The van der Waals surface area contributed by atoms with E-state index in [1.807, 2.05) is 0 Å². The van der Waals surface area contributed by atoms with Crippen molar-refractivity contribution in [3.05, 3.63) is 28.0 Å².